The zero-order chi connectivity index (χ0) is 27.6. The van der Waals surface area contributed by atoms with E-state index in [1.807, 2.05) is 0 Å². The summed E-state index contributed by atoms with van der Waals surface area (Å²) < 4.78 is 54.6. The lowest BCUT2D eigenvalue weighted by Gasteiger charge is -2.40. The van der Waals surface area contributed by atoms with Gasteiger partial charge in [0.25, 0.3) is 18.2 Å². The van der Waals surface area contributed by atoms with Crippen LogP contribution in [0.2, 0.25) is 10.0 Å². The Morgan fingerprint density at radius 1 is 1.26 bits per heavy atom. The van der Waals surface area contributed by atoms with Crippen LogP contribution in [-0.4, -0.2) is 58.2 Å². The van der Waals surface area contributed by atoms with Gasteiger partial charge in [0.2, 0.25) is 0 Å². The fraction of sp³-hybridized carbons (Fsp3) is 0.348. The van der Waals surface area contributed by atoms with Crippen molar-refractivity contribution in [2.75, 3.05) is 19.8 Å². The second-order valence-corrected chi connectivity index (χ2v) is 10.1. The van der Waals surface area contributed by atoms with Gasteiger partial charge in [-0.1, -0.05) is 27.7 Å². The Morgan fingerprint density at radius 2 is 2.00 bits per heavy atom. The summed E-state index contributed by atoms with van der Waals surface area (Å²) in [7, 11) is 0. The quantitative estimate of drug-likeness (QED) is 0.380. The molecule has 1 aliphatic rings. The lowest BCUT2D eigenvalue weighted by Crippen LogP contribution is -2.70. The van der Waals surface area contributed by atoms with Gasteiger partial charge in [-0.05, 0) is 43.6 Å². The Balaban J connectivity index is 1.52. The van der Waals surface area contributed by atoms with E-state index >= 15 is 4.39 Å². The number of halogens is 5. The van der Waals surface area contributed by atoms with Gasteiger partial charge < -0.3 is 20.1 Å². The largest absolute Gasteiger partial charge is 0.485 e. The van der Waals surface area contributed by atoms with Gasteiger partial charge in [0.1, 0.15) is 23.1 Å². The minimum Gasteiger partial charge on any atom is -0.485 e. The SMILES string of the molecule is Cc1nnsc1C(=O)NC1(C(=O)N[C@H](C)c2ncc(-c3cc(Cl)cc(Cl)c3OCC(F)F)cc2F)COC1. The maximum Gasteiger partial charge on any atom is 0.272 e. The van der Waals surface area contributed by atoms with Gasteiger partial charge >= 0.3 is 0 Å². The molecule has 4 rings (SSSR count). The van der Waals surface area contributed by atoms with E-state index in [9.17, 15) is 18.4 Å². The monoisotopic (exact) mass is 589 g/mol. The molecule has 0 bridgehead atoms. The molecular weight excluding hydrogens is 570 g/mol. The number of aryl methyl sites for hydroxylation is 1. The van der Waals surface area contributed by atoms with E-state index in [1.165, 1.54) is 25.3 Å². The molecule has 1 aliphatic heterocycles. The zero-order valence-electron chi connectivity index (χ0n) is 19.9. The second-order valence-electron chi connectivity index (χ2n) is 8.47. The summed E-state index contributed by atoms with van der Waals surface area (Å²) >= 11 is 13.1. The zero-order valence-corrected chi connectivity index (χ0v) is 22.2. The number of alkyl halides is 2. The van der Waals surface area contributed by atoms with E-state index in [2.05, 4.69) is 25.2 Å². The first-order valence-corrected chi connectivity index (χ1v) is 12.6. The van der Waals surface area contributed by atoms with E-state index in [1.54, 1.807) is 6.92 Å². The van der Waals surface area contributed by atoms with Crippen molar-refractivity contribution in [3.05, 3.63) is 56.5 Å². The van der Waals surface area contributed by atoms with Crippen LogP contribution in [0.5, 0.6) is 5.75 Å². The first-order valence-electron chi connectivity index (χ1n) is 11.1. The average Bonchev–Trinajstić information content (AvgIpc) is 3.25. The number of carbonyl (C=O) groups excluding carboxylic acids is 2. The Hall–Kier alpha value is -3.00. The summed E-state index contributed by atoms with van der Waals surface area (Å²) in [5.41, 5.74) is -0.699. The van der Waals surface area contributed by atoms with Crippen LogP contribution in [-0.2, 0) is 9.53 Å². The van der Waals surface area contributed by atoms with Crippen LogP contribution in [0.4, 0.5) is 13.2 Å². The molecule has 0 aliphatic carbocycles. The van der Waals surface area contributed by atoms with E-state index < -0.39 is 42.2 Å². The smallest absolute Gasteiger partial charge is 0.272 e. The maximum atomic E-state index is 15.2. The second kappa shape index (κ2) is 11.4. The number of rotatable bonds is 9. The fourth-order valence-electron chi connectivity index (χ4n) is 3.67. The van der Waals surface area contributed by atoms with E-state index in [-0.39, 0.29) is 50.7 Å². The highest BCUT2D eigenvalue weighted by atomic mass is 35.5. The standard InChI is InChI=1S/C23H20Cl2F3N5O4S/c1-10(30-22(35)23(8-36-9-23)31-21(34)20-11(2)32-33-38-20)18-16(26)3-12(6-29-18)14-4-13(24)5-15(25)19(14)37-7-17(27)28/h3-6,10,17H,7-9H2,1-2H3,(H,30,35)(H,31,34)/t10-/m1/s1. The molecule has 2 amide bonds. The molecule has 1 saturated heterocycles. The summed E-state index contributed by atoms with van der Waals surface area (Å²) in [6.07, 6.45) is -1.48. The molecule has 38 heavy (non-hydrogen) atoms. The van der Waals surface area contributed by atoms with Crippen molar-refractivity contribution in [2.24, 2.45) is 0 Å². The topological polar surface area (TPSA) is 115 Å². The lowest BCUT2D eigenvalue weighted by atomic mass is 9.95. The predicted octanol–water partition coefficient (Wildman–Crippen LogP) is 4.37. The summed E-state index contributed by atoms with van der Waals surface area (Å²) in [6.45, 7) is 2.06. The molecule has 0 unspecified atom stereocenters. The molecule has 2 aromatic heterocycles. The van der Waals surface area contributed by atoms with Crippen molar-refractivity contribution >= 4 is 46.5 Å². The van der Waals surface area contributed by atoms with Gasteiger partial charge in [0.15, 0.2) is 5.54 Å². The molecule has 15 heteroatoms. The van der Waals surface area contributed by atoms with Crippen molar-refractivity contribution in [1.29, 1.82) is 0 Å². The Morgan fingerprint density at radius 3 is 2.58 bits per heavy atom. The van der Waals surface area contributed by atoms with Crippen molar-refractivity contribution in [3.8, 4) is 16.9 Å². The number of carbonyl (C=O) groups is 2. The van der Waals surface area contributed by atoms with Gasteiger partial charge in [0.05, 0.1) is 35.7 Å². The third-order valence-corrected chi connectivity index (χ3v) is 6.97. The fourth-order valence-corrected chi connectivity index (χ4v) is 4.77. The lowest BCUT2D eigenvalue weighted by molar-refractivity contribution is -0.147. The molecule has 202 valence electrons. The highest BCUT2D eigenvalue weighted by molar-refractivity contribution is 7.08. The third-order valence-electron chi connectivity index (χ3n) is 5.64. The normalized spacial score (nSPS) is 15.1. The van der Waals surface area contributed by atoms with Crippen molar-refractivity contribution in [2.45, 2.75) is 31.9 Å². The minimum absolute atomic E-state index is 0.0300. The number of pyridine rings is 1. The first-order chi connectivity index (χ1) is 18.0. The van der Waals surface area contributed by atoms with Gasteiger partial charge in [-0.3, -0.25) is 14.6 Å². The van der Waals surface area contributed by atoms with Crippen LogP contribution in [0.15, 0.2) is 24.4 Å². The molecule has 0 saturated carbocycles. The van der Waals surface area contributed by atoms with Crippen LogP contribution >= 0.6 is 34.7 Å². The molecule has 1 fully saturated rings. The average molecular weight is 590 g/mol. The van der Waals surface area contributed by atoms with Gasteiger partial charge in [0, 0.05) is 22.3 Å². The number of aromatic nitrogens is 3. The molecule has 1 aromatic carbocycles. The van der Waals surface area contributed by atoms with Crippen molar-refractivity contribution in [3.63, 3.8) is 0 Å². The highest BCUT2D eigenvalue weighted by Gasteiger charge is 2.48. The molecule has 1 atom stereocenters. The maximum absolute atomic E-state index is 15.2. The Labute approximate surface area is 228 Å². The van der Waals surface area contributed by atoms with Crippen LogP contribution in [0.25, 0.3) is 11.1 Å². The molecule has 3 aromatic rings. The third kappa shape index (κ3) is 5.85. The summed E-state index contributed by atoms with van der Waals surface area (Å²) in [4.78, 5) is 30.1. The van der Waals surface area contributed by atoms with E-state index in [0.29, 0.717) is 5.69 Å². The van der Waals surface area contributed by atoms with Crippen molar-refractivity contribution < 1.29 is 32.2 Å². The number of amides is 2. The Kier molecular flexibility index (Phi) is 8.40. The number of nitrogens with one attached hydrogen (secondary N) is 2. The van der Waals surface area contributed by atoms with Crippen LogP contribution in [0.3, 0.4) is 0 Å². The minimum atomic E-state index is -2.76. The number of hydrogen-bond acceptors (Lipinski definition) is 8. The summed E-state index contributed by atoms with van der Waals surface area (Å²) in [5.74, 6) is -2.00. The molecule has 3 heterocycles. The first kappa shape index (κ1) is 28.0. The molecule has 0 spiro atoms. The Bertz CT molecular complexity index is 1370. The molecule has 2 N–H and O–H groups in total. The van der Waals surface area contributed by atoms with E-state index in [0.717, 1.165) is 17.6 Å². The van der Waals surface area contributed by atoms with Crippen LogP contribution < -0.4 is 15.4 Å². The van der Waals surface area contributed by atoms with Gasteiger partial charge in [-0.25, -0.2) is 13.2 Å². The van der Waals surface area contributed by atoms with Crippen molar-refractivity contribution in [1.82, 2.24) is 25.2 Å². The van der Waals surface area contributed by atoms with Gasteiger partial charge in [-0.2, -0.15) is 0 Å². The molecular formula is C23H20Cl2F3N5O4S. The predicted molar refractivity (Wildman–Crippen MR) is 133 cm³/mol. The number of nitrogens with zero attached hydrogens (tertiary/aromatic N) is 3. The summed E-state index contributed by atoms with van der Waals surface area (Å²) in [5, 5.41) is 9.25. The highest BCUT2D eigenvalue weighted by Crippen LogP contribution is 2.39. The molecule has 9 nitrogen and oxygen atoms in total. The molecule has 0 radical (unpaired) electrons. The number of benzene rings is 1. The van der Waals surface area contributed by atoms with Crippen LogP contribution in [0.1, 0.15) is 34.0 Å². The summed E-state index contributed by atoms with van der Waals surface area (Å²) in [6, 6.07) is 2.90. The number of hydrogen-bond donors (Lipinski definition) is 2. The van der Waals surface area contributed by atoms with Crippen LogP contribution in [0, 0.1) is 12.7 Å². The van der Waals surface area contributed by atoms with Gasteiger partial charge in [-0.15, -0.1) is 5.10 Å². The number of ether oxygens (including phenoxy) is 2. The van der Waals surface area contributed by atoms with E-state index in [4.69, 9.17) is 32.7 Å².